The number of para-hydroxylation sites is 1. The maximum atomic E-state index is 13.5. The van der Waals surface area contributed by atoms with Crippen molar-refractivity contribution in [2.45, 2.75) is 79.4 Å². The van der Waals surface area contributed by atoms with Gasteiger partial charge in [-0.3, -0.25) is 24.0 Å². The third-order valence-electron chi connectivity index (χ3n) is 7.48. The number of fused-ring (bicyclic) bond motifs is 1. The number of hydrogen-bond donors (Lipinski definition) is 1. The summed E-state index contributed by atoms with van der Waals surface area (Å²) in [5.74, 6) is -0.257. The van der Waals surface area contributed by atoms with Crippen LogP contribution >= 0.6 is 11.6 Å². The summed E-state index contributed by atoms with van der Waals surface area (Å²) >= 11 is 6.41. The molecule has 2 amide bonds. The molecule has 1 N–H and O–H groups in total. The number of carbonyl (C=O) groups is 3. The number of aromatic nitrogens is 2. The number of anilines is 2. The van der Waals surface area contributed by atoms with E-state index in [2.05, 4.69) is 5.32 Å². The van der Waals surface area contributed by atoms with E-state index in [4.69, 9.17) is 21.1 Å². The van der Waals surface area contributed by atoms with E-state index in [0.29, 0.717) is 23.5 Å². The van der Waals surface area contributed by atoms with E-state index < -0.39 is 17.1 Å². The van der Waals surface area contributed by atoms with Gasteiger partial charge >= 0.3 is 6.09 Å². The zero-order chi connectivity index (χ0) is 32.6. The molecule has 1 unspecified atom stereocenters. The molecule has 1 aliphatic rings. The maximum Gasteiger partial charge on any atom is 0.415 e. The highest BCUT2D eigenvalue weighted by molar-refractivity contribution is 6.31. The lowest BCUT2D eigenvalue weighted by molar-refractivity contribution is -0.118. The third-order valence-corrected chi connectivity index (χ3v) is 7.70. The lowest BCUT2D eigenvalue weighted by Crippen LogP contribution is -2.45. The van der Waals surface area contributed by atoms with Gasteiger partial charge in [-0.15, -0.1) is 0 Å². The number of nitrogens with zero attached hydrogens (tertiary/aromatic N) is 3. The topological polar surface area (TPSA) is 112 Å². The number of benzene rings is 2. The van der Waals surface area contributed by atoms with E-state index in [1.165, 1.54) is 9.58 Å². The van der Waals surface area contributed by atoms with Gasteiger partial charge < -0.3 is 14.8 Å². The van der Waals surface area contributed by atoms with Crippen LogP contribution in [0.5, 0.6) is 5.75 Å². The average molecular weight is 625 g/mol. The molecule has 236 valence electrons. The molecule has 2 heterocycles. The Balaban J connectivity index is 1.47. The van der Waals surface area contributed by atoms with Crippen molar-refractivity contribution in [1.82, 2.24) is 9.36 Å². The second-order valence-corrected chi connectivity index (χ2v) is 13.5. The van der Waals surface area contributed by atoms with E-state index >= 15 is 0 Å². The molecule has 0 spiro atoms. The van der Waals surface area contributed by atoms with Crippen molar-refractivity contribution in [1.29, 1.82) is 0 Å². The van der Waals surface area contributed by atoms with Gasteiger partial charge in [-0.05, 0) is 70.7 Å². The SMILES string of the molecule is Cc1c(NC(=O)CC(C)(C)CCC(=O)c2cc(Cl)cc3c2OC(C)CN3C(=O)OC(C)(C)C)c(=O)n(-c2ccccc2)n1C. The smallest absolute Gasteiger partial charge is 0.415 e. The minimum Gasteiger partial charge on any atom is -0.486 e. The number of hydrogen-bond acceptors (Lipinski definition) is 6. The molecule has 3 aromatic rings. The molecule has 0 radical (unpaired) electrons. The minimum absolute atomic E-state index is 0.0903. The van der Waals surface area contributed by atoms with Crippen LogP contribution in [0.4, 0.5) is 16.2 Å². The molecule has 0 bridgehead atoms. The van der Waals surface area contributed by atoms with Crippen LogP contribution in [-0.2, 0) is 16.6 Å². The van der Waals surface area contributed by atoms with Crippen molar-refractivity contribution < 1.29 is 23.9 Å². The number of amides is 2. The molecular weight excluding hydrogens is 584 g/mol. The summed E-state index contributed by atoms with van der Waals surface area (Å²) in [6.07, 6.45) is -0.342. The summed E-state index contributed by atoms with van der Waals surface area (Å²) in [6.45, 7) is 13.0. The van der Waals surface area contributed by atoms with Gasteiger partial charge in [0.05, 0.1) is 29.2 Å². The van der Waals surface area contributed by atoms with E-state index in [0.717, 1.165) is 0 Å². The molecule has 4 rings (SSSR count). The van der Waals surface area contributed by atoms with Crippen LogP contribution in [0.15, 0.2) is 47.3 Å². The van der Waals surface area contributed by atoms with Crippen molar-refractivity contribution >= 4 is 40.8 Å². The van der Waals surface area contributed by atoms with Gasteiger partial charge in [-0.1, -0.05) is 43.6 Å². The first kappa shape index (κ1) is 32.9. The van der Waals surface area contributed by atoms with Crippen LogP contribution in [0, 0.1) is 12.3 Å². The van der Waals surface area contributed by atoms with Crippen molar-refractivity contribution in [3.63, 3.8) is 0 Å². The first-order chi connectivity index (χ1) is 20.5. The molecule has 44 heavy (non-hydrogen) atoms. The second-order valence-electron chi connectivity index (χ2n) is 13.1. The number of carbonyl (C=O) groups excluding carboxylic acids is 3. The van der Waals surface area contributed by atoms with Crippen LogP contribution < -0.4 is 20.5 Å². The molecule has 11 heteroatoms. The van der Waals surface area contributed by atoms with Gasteiger partial charge in [0, 0.05) is 24.9 Å². The molecule has 10 nitrogen and oxygen atoms in total. The molecule has 0 saturated carbocycles. The number of rotatable bonds is 8. The number of nitrogens with one attached hydrogen (secondary N) is 1. The summed E-state index contributed by atoms with van der Waals surface area (Å²) in [7, 11) is 1.76. The quantitative estimate of drug-likeness (QED) is 0.280. The van der Waals surface area contributed by atoms with Gasteiger partial charge in [0.15, 0.2) is 11.5 Å². The van der Waals surface area contributed by atoms with Gasteiger partial charge in [0.1, 0.15) is 17.4 Å². The Labute approximate surface area is 262 Å². The minimum atomic E-state index is -0.703. The summed E-state index contributed by atoms with van der Waals surface area (Å²) in [5.41, 5.74) is 0.596. The summed E-state index contributed by atoms with van der Waals surface area (Å²) in [5, 5.41) is 3.09. The largest absolute Gasteiger partial charge is 0.486 e. The predicted molar refractivity (Wildman–Crippen MR) is 171 cm³/mol. The lowest BCUT2D eigenvalue weighted by atomic mass is 9.82. The standard InChI is InChI=1S/C33H41ClN4O6/c1-20-19-37(31(42)44-32(3,4)5)25-17-22(34)16-24(29(25)43-20)26(39)14-15-33(6,7)18-27(40)35-28-21(2)36(8)38(30(28)41)23-12-10-9-11-13-23/h9-13,16-17,20H,14-15,18-19H2,1-8H3,(H,35,40). The van der Waals surface area contributed by atoms with E-state index in [1.54, 1.807) is 51.6 Å². The van der Waals surface area contributed by atoms with Gasteiger partial charge in [-0.2, -0.15) is 0 Å². The van der Waals surface area contributed by atoms with Crippen LogP contribution in [-0.4, -0.2) is 45.4 Å². The van der Waals surface area contributed by atoms with E-state index in [9.17, 15) is 19.2 Å². The van der Waals surface area contributed by atoms with Crippen LogP contribution in [0.1, 0.15) is 76.9 Å². The normalized spacial score (nSPS) is 14.9. The highest BCUT2D eigenvalue weighted by Crippen LogP contribution is 2.41. The Hall–Kier alpha value is -4.05. The van der Waals surface area contributed by atoms with Gasteiger partial charge in [-0.25, -0.2) is 9.48 Å². The maximum absolute atomic E-state index is 13.5. The zero-order valence-corrected chi connectivity index (χ0v) is 27.4. The number of ether oxygens (including phenoxy) is 2. The van der Waals surface area contributed by atoms with Gasteiger partial charge in [0.2, 0.25) is 5.91 Å². The van der Waals surface area contributed by atoms with Crippen LogP contribution in [0.25, 0.3) is 5.69 Å². The highest BCUT2D eigenvalue weighted by atomic mass is 35.5. The highest BCUT2D eigenvalue weighted by Gasteiger charge is 2.35. The predicted octanol–water partition coefficient (Wildman–Crippen LogP) is 6.68. The fourth-order valence-corrected chi connectivity index (χ4v) is 5.41. The zero-order valence-electron chi connectivity index (χ0n) is 26.6. The molecule has 1 atom stereocenters. The van der Waals surface area contributed by atoms with Gasteiger partial charge in [0.25, 0.3) is 5.56 Å². The molecule has 0 fully saturated rings. The van der Waals surface area contributed by atoms with Crippen LogP contribution in [0.2, 0.25) is 5.02 Å². The average Bonchev–Trinajstić information content (AvgIpc) is 3.13. The molecular formula is C33H41ClN4O6. The molecule has 2 aromatic carbocycles. The fourth-order valence-electron chi connectivity index (χ4n) is 5.20. The van der Waals surface area contributed by atoms with E-state index in [1.807, 2.05) is 51.1 Å². The van der Waals surface area contributed by atoms with E-state index in [-0.39, 0.29) is 64.8 Å². The van der Waals surface area contributed by atoms with Crippen molar-refractivity contribution in [2.75, 3.05) is 16.8 Å². The number of Topliss-reactive ketones (excluding diaryl/α,β-unsaturated/α-hetero) is 1. The third kappa shape index (κ3) is 7.35. The lowest BCUT2D eigenvalue weighted by Gasteiger charge is -2.35. The monoisotopic (exact) mass is 624 g/mol. The Kier molecular flexibility index (Phi) is 9.35. The first-order valence-corrected chi connectivity index (χ1v) is 15.0. The molecule has 1 aliphatic heterocycles. The Morgan fingerprint density at radius 3 is 2.39 bits per heavy atom. The van der Waals surface area contributed by atoms with Crippen molar-refractivity contribution in [2.24, 2.45) is 12.5 Å². The fraction of sp³-hybridized carbons (Fsp3) is 0.455. The molecule has 0 aliphatic carbocycles. The number of ketones is 1. The van der Waals surface area contributed by atoms with Crippen LogP contribution in [0.3, 0.4) is 0 Å². The molecule has 0 saturated heterocycles. The summed E-state index contributed by atoms with van der Waals surface area (Å²) < 4.78 is 14.8. The summed E-state index contributed by atoms with van der Waals surface area (Å²) in [6, 6.07) is 12.3. The van der Waals surface area contributed by atoms with Crippen molar-refractivity contribution in [3.8, 4) is 11.4 Å². The first-order valence-electron chi connectivity index (χ1n) is 14.7. The Bertz CT molecular complexity index is 1630. The molecule has 1 aromatic heterocycles. The second kappa shape index (κ2) is 12.5. The number of halogens is 1. The Morgan fingerprint density at radius 1 is 1.09 bits per heavy atom. The van der Waals surface area contributed by atoms with Crippen molar-refractivity contribution in [3.05, 3.63) is 69.1 Å². The Morgan fingerprint density at radius 2 is 1.75 bits per heavy atom. The summed E-state index contributed by atoms with van der Waals surface area (Å²) in [4.78, 5) is 54.3.